The number of rotatable bonds is 5. The van der Waals surface area contributed by atoms with Crippen molar-refractivity contribution >= 4 is 15.9 Å². The van der Waals surface area contributed by atoms with Crippen LogP contribution in [0.4, 0.5) is 0 Å². The molecule has 0 aromatic heterocycles. The number of nitrogens with one attached hydrogen (secondary N) is 1. The van der Waals surface area contributed by atoms with Gasteiger partial charge in [0.2, 0.25) is 15.9 Å². The highest BCUT2D eigenvalue weighted by molar-refractivity contribution is 7.89. The second kappa shape index (κ2) is 6.14. The number of sulfonamides is 1. The van der Waals surface area contributed by atoms with Gasteiger partial charge in [0.1, 0.15) is 0 Å². The lowest BCUT2D eigenvalue weighted by Crippen LogP contribution is -2.36. The van der Waals surface area contributed by atoms with Gasteiger partial charge in [-0.1, -0.05) is 12.1 Å². The van der Waals surface area contributed by atoms with E-state index in [0.29, 0.717) is 5.56 Å². The van der Waals surface area contributed by atoms with Gasteiger partial charge in [-0.15, -0.1) is 0 Å². The highest BCUT2D eigenvalue weighted by atomic mass is 32.2. The Kier molecular flexibility index (Phi) is 5.04. The minimum atomic E-state index is -3.71. The Hall–Kier alpha value is -1.44. The van der Waals surface area contributed by atoms with Gasteiger partial charge >= 0.3 is 0 Å². The van der Waals surface area contributed by atoms with Gasteiger partial charge in [0.15, 0.2) is 0 Å². The van der Waals surface area contributed by atoms with Crippen molar-refractivity contribution in [1.29, 1.82) is 0 Å². The molecule has 0 atom stereocenters. The minimum Gasteiger partial charge on any atom is -0.348 e. The summed E-state index contributed by atoms with van der Waals surface area (Å²) in [6.45, 7) is 1.70. The Morgan fingerprint density at radius 3 is 2.53 bits per heavy atom. The van der Waals surface area contributed by atoms with E-state index in [1.807, 2.05) is 0 Å². The largest absolute Gasteiger partial charge is 0.348 e. The van der Waals surface area contributed by atoms with Crippen LogP contribution in [0.5, 0.6) is 0 Å². The zero-order chi connectivity index (χ0) is 14.6. The zero-order valence-corrected chi connectivity index (χ0v) is 12.1. The van der Waals surface area contributed by atoms with Crippen LogP contribution in [-0.2, 0) is 21.4 Å². The summed E-state index contributed by atoms with van der Waals surface area (Å²) >= 11 is 0. The monoisotopic (exact) mass is 285 g/mol. The van der Waals surface area contributed by atoms with E-state index in [-0.39, 0.29) is 23.9 Å². The topological polar surface area (TPSA) is 92.5 Å². The predicted molar refractivity (Wildman–Crippen MR) is 73.0 cm³/mol. The quantitative estimate of drug-likeness (QED) is 0.785. The molecule has 0 heterocycles. The van der Waals surface area contributed by atoms with Gasteiger partial charge in [0.25, 0.3) is 0 Å². The molecule has 0 unspecified atom stereocenters. The Bertz CT molecular complexity index is 568. The average Bonchev–Trinajstić information content (AvgIpc) is 2.36. The molecule has 106 valence electrons. The molecule has 6 nitrogen and oxygen atoms in total. The Labute approximate surface area is 113 Å². The Balaban J connectivity index is 2.97. The lowest BCUT2D eigenvalue weighted by Gasteiger charge is -2.13. The maximum atomic E-state index is 12.1. The second-order valence-corrected chi connectivity index (χ2v) is 6.15. The number of benzene rings is 1. The third-order valence-corrected chi connectivity index (χ3v) is 4.23. The molecule has 0 saturated heterocycles. The van der Waals surface area contributed by atoms with Crippen LogP contribution in [0.1, 0.15) is 11.1 Å². The summed E-state index contributed by atoms with van der Waals surface area (Å²) in [4.78, 5) is 12.9. The molecule has 0 spiro atoms. The summed E-state index contributed by atoms with van der Waals surface area (Å²) in [6.07, 6.45) is 0. The Morgan fingerprint density at radius 1 is 1.37 bits per heavy atom. The van der Waals surface area contributed by atoms with Crippen molar-refractivity contribution in [2.45, 2.75) is 18.4 Å². The van der Waals surface area contributed by atoms with Crippen molar-refractivity contribution in [2.75, 3.05) is 20.6 Å². The molecule has 0 saturated carbocycles. The second-order valence-electron chi connectivity index (χ2n) is 4.42. The fraction of sp³-hybridized carbons (Fsp3) is 0.417. The molecule has 7 heteroatoms. The molecule has 3 N–H and O–H groups in total. The van der Waals surface area contributed by atoms with Crippen LogP contribution < -0.4 is 10.5 Å². The summed E-state index contributed by atoms with van der Waals surface area (Å²) in [5, 5.41) is 0. The fourth-order valence-corrected chi connectivity index (χ4v) is 2.72. The molecule has 1 aromatic carbocycles. The van der Waals surface area contributed by atoms with Crippen molar-refractivity contribution in [3.8, 4) is 0 Å². The van der Waals surface area contributed by atoms with Crippen LogP contribution >= 0.6 is 0 Å². The number of likely N-dealkylation sites (N-methyl/N-ethyl adjacent to an activating group) is 1. The fourth-order valence-electron chi connectivity index (χ4n) is 1.45. The molecule has 19 heavy (non-hydrogen) atoms. The number of carbonyl (C=O) groups is 1. The first kappa shape index (κ1) is 15.6. The van der Waals surface area contributed by atoms with Crippen molar-refractivity contribution in [1.82, 2.24) is 9.62 Å². The number of amides is 1. The van der Waals surface area contributed by atoms with Crippen LogP contribution in [0.2, 0.25) is 0 Å². The highest BCUT2D eigenvalue weighted by Crippen LogP contribution is 2.16. The number of hydrogen-bond acceptors (Lipinski definition) is 4. The maximum absolute atomic E-state index is 12.1. The van der Waals surface area contributed by atoms with E-state index in [1.165, 1.54) is 11.0 Å². The predicted octanol–water partition coefficient (Wildman–Crippen LogP) is -0.180. The summed E-state index contributed by atoms with van der Waals surface area (Å²) in [6, 6.07) is 5.00. The van der Waals surface area contributed by atoms with Crippen LogP contribution in [0.15, 0.2) is 23.1 Å². The normalized spacial score (nSPS) is 11.4. The van der Waals surface area contributed by atoms with E-state index in [4.69, 9.17) is 5.73 Å². The molecule has 0 fully saturated rings. The van der Waals surface area contributed by atoms with E-state index in [9.17, 15) is 13.2 Å². The lowest BCUT2D eigenvalue weighted by atomic mass is 10.1. The molecule has 1 amide bonds. The zero-order valence-electron chi connectivity index (χ0n) is 11.3. The van der Waals surface area contributed by atoms with E-state index in [2.05, 4.69) is 4.72 Å². The van der Waals surface area contributed by atoms with Crippen LogP contribution in [0.25, 0.3) is 0 Å². The Morgan fingerprint density at radius 2 is 2.00 bits per heavy atom. The molecule has 0 aliphatic carbocycles. The molecular formula is C12H19N3O3S. The summed E-state index contributed by atoms with van der Waals surface area (Å²) in [7, 11) is -0.572. The third kappa shape index (κ3) is 4.02. The van der Waals surface area contributed by atoms with Crippen molar-refractivity contribution in [3.63, 3.8) is 0 Å². The molecular weight excluding hydrogens is 266 g/mol. The van der Waals surface area contributed by atoms with Gasteiger partial charge < -0.3 is 10.6 Å². The van der Waals surface area contributed by atoms with Gasteiger partial charge in [0.05, 0.1) is 11.4 Å². The van der Waals surface area contributed by atoms with Crippen LogP contribution in [-0.4, -0.2) is 39.9 Å². The van der Waals surface area contributed by atoms with E-state index in [1.54, 1.807) is 33.2 Å². The van der Waals surface area contributed by atoms with Crippen LogP contribution in [0.3, 0.4) is 0 Å². The molecule has 0 aliphatic rings. The van der Waals surface area contributed by atoms with E-state index >= 15 is 0 Å². The van der Waals surface area contributed by atoms with Crippen molar-refractivity contribution < 1.29 is 13.2 Å². The molecule has 1 aromatic rings. The standard InChI is InChI=1S/C12H19N3O3S/c1-9-4-5-10(7-13)6-11(9)19(17,18)14-8-12(16)15(2)3/h4-6,14H,7-8,13H2,1-3H3. The molecule has 1 rings (SSSR count). The SMILES string of the molecule is Cc1ccc(CN)cc1S(=O)(=O)NCC(=O)N(C)C. The van der Waals surface area contributed by atoms with Gasteiger partial charge in [0, 0.05) is 20.6 Å². The summed E-state index contributed by atoms with van der Waals surface area (Å²) in [5.74, 6) is -0.309. The minimum absolute atomic E-state index is 0.155. The van der Waals surface area contributed by atoms with Crippen molar-refractivity contribution in [2.24, 2.45) is 5.73 Å². The van der Waals surface area contributed by atoms with Gasteiger partial charge in [-0.3, -0.25) is 4.79 Å². The van der Waals surface area contributed by atoms with Gasteiger partial charge in [-0.05, 0) is 24.1 Å². The number of nitrogens with two attached hydrogens (primary N) is 1. The average molecular weight is 285 g/mol. The van der Waals surface area contributed by atoms with Crippen molar-refractivity contribution in [3.05, 3.63) is 29.3 Å². The van der Waals surface area contributed by atoms with Gasteiger partial charge in [-0.25, -0.2) is 13.1 Å². The first-order valence-electron chi connectivity index (χ1n) is 5.77. The lowest BCUT2D eigenvalue weighted by molar-refractivity contribution is -0.127. The molecule has 0 bridgehead atoms. The summed E-state index contributed by atoms with van der Waals surface area (Å²) in [5.41, 5.74) is 6.84. The third-order valence-electron chi connectivity index (χ3n) is 2.69. The van der Waals surface area contributed by atoms with Crippen LogP contribution in [0, 0.1) is 6.92 Å². The number of nitrogens with zero attached hydrogens (tertiary/aromatic N) is 1. The smallest absolute Gasteiger partial charge is 0.241 e. The summed E-state index contributed by atoms with van der Waals surface area (Å²) < 4.78 is 26.5. The molecule has 0 radical (unpaired) electrons. The first-order valence-corrected chi connectivity index (χ1v) is 7.25. The molecule has 0 aliphatic heterocycles. The number of aryl methyl sites for hydroxylation is 1. The highest BCUT2D eigenvalue weighted by Gasteiger charge is 2.18. The van der Waals surface area contributed by atoms with E-state index < -0.39 is 10.0 Å². The first-order chi connectivity index (χ1) is 8.77. The number of carbonyl (C=O) groups excluding carboxylic acids is 1. The number of hydrogen-bond donors (Lipinski definition) is 2. The van der Waals surface area contributed by atoms with Gasteiger partial charge in [-0.2, -0.15) is 0 Å². The van der Waals surface area contributed by atoms with E-state index in [0.717, 1.165) is 5.56 Å². The maximum Gasteiger partial charge on any atom is 0.241 e.